The zero-order chi connectivity index (χ0) is 31.7. The molecule has 11 heteroatoms. The minimum Gasteiger partial charge on any atom is -0.463 e. The molecule has 2 aliphatic heterocycles. The molecule has 1 saturated heterocycles. The molecule has 1 saturated carbocycles. The molecule has 0 spiro atoms. The Labute approximate surface area is 268 Å². The van der Waals surface area contributed by atoms with Gasteiger partial charge in [-0.15, -0.1) is 0 Å². The van der Waals surface area contributed by atoms with E-state index in [-0.39, 0.29) is 13.0 Å². The first-order valence-electron chi connectivity index (χ1n) is 15.6. The number of fused-ring (bicyclic) bond motifs is 2. The number of piperazine rings is 1. The number of benzene rings is 2. The van der Waals surface area contributed by atoms with E-state index in [1.807, 2.05) is 18.2 Å². The van der Waals surface area contributed by atoms with E-state index in [4.69, 9.17) is 26.3 Å². The van der Waals surface area contributed by atoms with Gasteiger partial charge in [-0.25, -0.2) is 4.39 Å². The number of nitriles is 1. The Bertz CT molecular complexity index is 1640. The number of nitrogens with zero attached hydrogens (tertiary/aromatic N) is 7. The van der Waals surface area contributed by atoms with Crippen LogP contribution in [0.4, 0.5) is 15.9 Å². The lowest BCUT2D eigenvalue weighted by molar-refractivity contribution is -0.131. The summed E-state index contributed by atoms with van der Waals surface area (Å²) in [5.41, 5.74) is 2.97. The number of hydrogen-bond donors (Lipinski definition) is 0. The van der Waals surface area contributed by atoms with Crippen LogP contribution in [-0.4, -0.2) is 84.6 Å². The molecule has 3 heterocycles. The molecule has 0 unspecified atom stereocenters. The number of hydrogen-bond acceptors (Lipinski definition) is 8. The summed E-state index contributed by atoms with van der Waals surface area (Å²) in [7, 11) is 4.25. The molecule has 0 radical (unpaired) electrons. The molecule has 1 amide bonds. The number of halogens is 2. The smallest absolute Gasteiger partial charge is 0.318 e. The highest BCUT2D eigenvalue weighted by Gasteiger charge is 2.35. The summed E-state index contributed by atoms with van der Waals surface area (Å²) in [6.45, 7) is 6.09. The van der Waals surface area contributed by atoms with Gasteiger partial charge in [0.2, 0.25) is 0 Å². The topological polar surface area (TPSA) is 88.8 Å². The number of anilines is 2. The Hall–Kier alpha value is -3.94. The molecular formula is C34H39ClFN7O2. The number of rotatable bonds is 8. The summed E-state index contributed by atoms with van der Waals surface area (Å²) >= 11 is 6.70. The fraction of sp³-hybridized carbons (Fsp3) is 0.471. The molecule has 1 aromatic heterocycles. The summed E-state index contributed by atoms with van der Waals surface area (Å²) in [4.78, 5) is 30.5. The first-order chi connectivity index (χ1) is 21.7. The summed E-state index contributed by atoms with van der Waals surface area (Å²) < 4.78 is 20.2. The zero-order valence-corrected chi connectivity index (χ0v) is 26.6. The second-order valence-corrected chi connectivity index (χ2v) is 12.9. The van der Waals surface area contributed by atoms with Crippen LogP contribution in [0, 0.1) is 17.2 Å². The van der Waals surface area contributed by atoms with E-state index in [1.165, 1.54) is 4.90 Å². The van der Waals surface area contributed by atoms with Gasteiger partial charge in [0.15, 0.2) is 5.83 Å². The van der Waals surface area contributed by atoms with Crippen molar-refractivity contribution >= 4 is 39.8 Å². The molecule has 3 atom stereocenters. The summed E-state index contributed by atoms with van der Waals surface area (Å²) in [6, 6.07) is 14.7. The van der Waals surface area contributed by atoms with Crippen molar-refractivity contribution in [2.45, 2.75) is 50.7 Å². The van der Waals surface area contributed by atoms with Crippen molar-refractivity contribution < 1.29 is 13.9 Å². The van der Waals surface area contributed by atoms with E-state index < -0.39 is 17.8 Å². The SMILES string of the molecule is C=C(F)C(=O)N1CCN(c2nc(OC[C@@H]3CC[C@H](N(C)C)C3)nc3c2CCN(c2cccc4cccc(Cl)c24)C3)C[C@@H]1CC#N. The monoisotopic (exact) mass is 631 g/mol. The number of aromatic nitrogens is 2. The lowest BCUT2D eigenvalue weighted by atomic mass is 10.0. The Morgan fingerprint density at radius 1 is 1.16 bits per heavy atom. The average Bonchev–Trinajstić information content (AvgIpc) is 3.52. The van der Waals surface area contributed by atoms with Gasteiger partial charge in [-0.05, 0) is 63.2 Å². The normalized spacial score (nSPS) is 21.6. The van der Waals surface area contributed by atoms with E-state index >= 15 is 0 Å². The van der Waals surface area contributed by atoms with Crippen LogP contribution in [0.25, 0.3) is 10.8 Å². The molecule has 0 N–H and O–H groups in total. The average molecular weight is 632 g/mol. The number of carbonyl (C=O) groups excluding carboxylic acids is 1. The highest BCUT2D eigenvalue weighted by molar-refractivity contribution is 6.36. The Balaban J connectivity index is 1.32. The van der Waals surface area contributed by atoms with Crippen LogP contribution >= 0.6 is 11.6 Å². The van der Waals surface area contributed by atoms with Gasteiger partial charge in [-0.1, -0.05) is 42.4 Å². The van der Waals surface area contributed by atoms with Crippen molar-refractivity contribution in [3.8, 4) is 12.1 Å². The van der Waals surface area contributed by atoms with E-state index in [9.17, 15) is 14.4 Å². The molecule has 236 valence electrons. The first-order valence-corrected chi connectivity index (χ1v) is 16.0. The van der Waals surface area contributed by atoms with Crippen molar-refractivity contribution in [3.63, 3.8) is 0 Å². The van der Waals surface area contributed by atoms with Crippen LogP contribution in [-0.2, 0) is 17.8 Å². The fourth-order valence-corrected chi connectivity index (χ4v) is 7.35. The number of carbonyl (C=O) groups is 1. The van der Waals surface area contributed by atoms with Gasteiger partial charge >= 0.3 is 6.01 Å². The van der Waals surface area contributed by atoms with Crippen molar-refractivity contribution in [2.24, 2.45) is 5.92 Å². The highest BCUT2D eigenvalue weighted by Crippen LogP contribution is 2.37. The van der Waals surface area contributed by atoms with E-state index in [0.29, 0.717) is 55.7 Å². The molecular weight excluding hydrogens is 593 g/mol. The van der Waals surface area contributed by atoms with E-state index in [2.05, 4.69) is 59.6 Å². The van der Waals surface area contributed by atoms with Gasteiger partial charge < -0.3 is 24.3 Å². The first kappa shape index (κ1) is 31.1. The molecule has 45 heavy (non-hydrogen) atoms. The maximum atomic E-state index is 13.8. The molecule has 9 nitrogen and oxygen atoms in total. The lowest BCUT2D eigenvalue weighted by Crippen LogP contribution is -2.55. The molecule has 1 aliphatic carbocycles. The van der Waals surface area contributed by atoms with Crippen LogP contribution in [0.2, 0.25) is 5.02 Å². The van der Waals surface area contributed by atoms with Gasteiger partial charge in [0, 0.05) is 48.9 Å². The largest absolute Gasteiger partial charge is 0.463 e. The van der Waals surface area contributed by atoms with E-state index in [0.717, 1.165) is 59.3 Å². The van der Waals surface area contributed by atoms with Crippen LogP contribution in [0.5, 0.6) is 6.01 Å². The van der Waals surface area contributed by atoms with Crippen LogP contribution < -0.4 is 14.5 Å². The molecule has 2 aromatic carbocycles. The lowest BCUT2D eigenvalue weighted by Gasteiger charge is -2.42. The standard InChI is InChI=1S/C34H39ClFN7O2/c1-22(36)33(44)43-17-16-42(19-26(43)12-14-37)32-27-13-15-41(30-9-5-7-24-6-4-8-28(35)31(24)30)20-29(27)38-34(39-32)45-21-23-10-11-25(18-23)40(2)3/h4-9,23,25-26H,1,10-13,15-21H2,2-3H3/t23-,25+,26+/m1/s1. The predicted molar refractivity (Wildman–Crippen MR) is 174 cm³/mol. The number of ether oxygens (including phenoxy) is 1. The molecule has 0 bridgehead atoms. The second-order valence-electron chi connectivity index (χ2n) is 12.5. The van der Waals surface area contributed by atoms with Gasteiger partial charge in [-0.3, -0.25) is 4.79 Å². The van der Waals surface area contributed by atoms with Crippen LogP contribution in [0.15, 0.2) is 48.8 Å². The van der Waals surface area contributed by atoms with Crippen molar-refractivity contribution in [1.82, 2.24) is 19.8 Å². The Morgan fingerprint density at radius 3 is 2.69 bits per heavy atom. The van der Waals surface area contributed by atoms with Crippen LogP contribution in [0.3, 0.4) is 0 Å². The van der Waals surface area contributed by atoms with Crippen LogP contribution in [0.1, 0.15) is 36.9 Å². The van der Waals surface area contributed by atoms with Crippen molar-refractivity contribution in [2.75, 3.05) is 56.7 Å². The fourth-order valence-electron chi connectivity index (χ4n) is 7.07. The second kappa shape index (κ2) is 13.2. The Kier molecular flexibility index (Phi) is 9.11. The summed E-state index contributed by atoms with van der Waals surface area (Å²) in [5, 5.41) is 12.3. The summed E-state index contributed by atoms with van der Waals surface area (Å²) in [5.74, 6) is -0.588. The summed E-state index contributed by atoms with van der Waals surface area (Å²) in [6.07, 6.45) is 4.10. The van der Waals surface area contributed by atoms with Gasteiger partial charge in [0.1, 0.15) is 5.82 Å². The molecule has 2 fully saturated rings. The minimum absolute atomic E-state index is 0.0799. The van der Waals surface area contributed by atoms with Gasteiger partial charge in [0.05, 0.1) is 42.4 Å². The quantitative estimate of drug-likeness (QED) is 0.307. The molecule has 3 aliphatic rings. The Morgan fingerprint density at radius 2 is 1.96 bits per heavy atom. The predicted octanol–water partition coefficient (Wildman–Crippen LogP) is 5.37. The van der Waals surface area contributed by atoms with Crippen molar-refractivity contribution in [3.05, 3.63) is 65.1 Å². The highest BCUT2D eigenvalue weighted by atomic mass is 35.5. The van der Waals surface area contributed by atoms with Gasteiger partial charge in [0.25, 0.3) is 5.91 Å². The van der Waals surface area contributed by atoms with Gasteiger partial charge in [-0.2, -0.15) is 15.2 Å². The third kappa shape index (κ3) is 6.42. The number of amides is 1. The zero-order valence-electron chi connectivity index (χ0n) is 25.9. The van der Waals surface area contributed by atoms with Crippen molar-refractivity contribution in [1.29, 1.82) is 5.26 Å². The minimum atomic E-state index is -1.02. The third-order valence-electron chi connectivity index (χ3n) is 9.49. The maximum Gasteiger partial charge on any atom is 0.318 e. The maximum absolute atomic E-state index is 13.8. The molecule has 6 rings (SSSR count). The van der Waals surface area contributed by atoms with E-state index in [1.54, 1.807) is 0 Å². The molecule has 3 aromatic rings. The third-order valence-corrected chi connectivity index (χ3v) is 9.80.